The van der Waals surface area contributed by atoms with E-state index in [0.29, 0.717) is 70.9 Å². The minimum atomic E-state index is -0.992. The Hall–Kier alpha value is -2.65. The van der Waals surface area contributed by atoms with Gasteiger partial charge in [-0.3, -0.25) is 34.0 Å². The molecule has 1 aliphatic rings. The van der Waals surface area contributed by atoms with E-state index in [0.717, 1.165) is 24.8 Å². The zero-order chi connectivity index (χ0) is 29.3. The van der Waals surface area contributed by atoms with Crippen LogP contribution in [0.4, 0.5) is 5.69 Å². The summed E-state index contributed by atoms with van der Waals surface area (Å²) in [6.07, 6.45) is 3.46. The van der Waals surface area contributed by atoms with Crippen molar-refractivity contribution in [2.75, 3.05) is 84.2 Å². The number of anilines is 1. The zero-order valence-corrected chi connectivity index (χ0v) is 23.3. The molecule has 1 unspecified atom stereocenters. The first-order valence-corrected chi connectivity index (χ1v) is 13.9. The number of carbonyl (C=O) groups is 3. The minimum Gasteiger partial charge on any atom is -0.480 e. The molecule has 226 valence electrons. The largest absolute Gasteiger partial charge is 0.480 e. The number of amides is 1. The molecule has 1 atom stereocenters. The molecule has 0 aromatic heterocycles. The van der Waals surface area contributed by atoms with Crippen molar-refractivity contribution >= 4 is 23.5 Å². The van der Waals surface area contributed by atoms with Crippen molar-refractivity contribution in [1.82, 2.24) is 19.6 Å². The van der Waals surface area contributed by atoms with Crippen LogP contribution >= 0.6 is 0 Å². The van der Waals surface area contributed by atoms with Crippen LogP contribution in [-0.4, -0.2) is 143 Å². The number of aliphatic hydroxyl groups is 2. The predicted molar refractivity (Wildman–Crippen MR) is 151 cm³/mol. The van der Waals surface area contributed by atoms with Crippen LogP contribution in [0, 0.1) is 0 Å². The van der Waals surface area contributed by atoms with Crippen molar-refractivity contribution in [3.05, 3.63) is 29.8 Å². The fourth-order valence-electron chi connectivity index (χ4n) is 4.77. The first-order chi connectivity index (χ1) is 19.2. The number of aliphatic carboxylic acids is 2. The van der Waals surface area contributed by atoms with E-state index in [1.54, 1.807) is 14.7 Å². The lowest BCUT2D eigenvalue weighted by Crippen LogP contribution is -2.53. The van der Waals surface area contributed by atoms with E-state index in [9.17, 15) is 34.8 Å². The molecule has 13 heteroatoms. The third-order valence-corrected chi connectivity index (χ3v) is 7.07. The number of carboxylic acid groups (broad SMARTS) is 2. The first kappa shape index (κ1) is 33.6. The number of aliphatic hydroxyl groups excluding tert-OH is 2. The maximum absolute atomic E-state index is 12.2. The average molecular weight is 567 g/mol. The molecule has 0 radical (unpaired) electrons. The molecule has 1 aromatic carbocycles. The topological polar surface area (TPSA) is 183 Å². The molecular formula is C27H46N6O7. The summed E-state index contributed by atoms with van der Waals surface area (Å²) in [6.45, 7) is 2.61. The third-order valence-electron chi connectivity index (χ3n) is 7.07. The molecule has 7 N–H and O–H groups in total. The van der Waals surface area contributed by atoms with Gasteiger partial charge in [-0.25, -0.2) is 0 Å². The van der Waals surface area contributed by atoms with Crippen molar-refractivity contribution in [3.8, 4) is 0 Å². The van der Waals surface area contributed by atoms with Crippen LogP contribution in [0.25, 0.3) is 0 Å². The van der Waals surface area contributed by atoms with Gasteiger partial charge in [0, 0.05) is 64.0 Å². The van der Waals surface area contributed by atoms with Crippen LogP contribution in [0.15, 0.2) is 24.3 Å². The van der Waals surface area contributed by atoms with Crippen molar-refractivity contribution in [3.63, 3.8) is 0 Å². The van der Waals surface area contributed by atoms with Crippen molar-refractivity contribution in [1.29, 1.82) is 0 Å². The summed E-state index contributed by atoms with van der Waals surface area (Å²) in [5, 5.41) is 41.7. The third kappa shape index (κ3) is 13.1. The van der Waals surface area contributed by atoms with E-state index in [1.165, 1.54) is 0 Å². The fourth-order valence-corrected chi connectivity index (χ4v) is 4.77. The highest BCUT2D eigenvalue weighted by Gasteiger charge is 2.26. The molecule has 0 saturated carbocycles. The van der Waals surface area contributed by atoms with E-state index >= 15 is 0 Å². The Morgan fingerprint density at radius 2 is 1.38 bits per heavy atom. The summed E-state index contributed by atoms with van der Waals surface area (Å²) in [5.41, 5.74) is 7.08. The Labute approximate surface area is 236 Å². The minimum absolute atomic E-state index is 0.0635. The number of rotatable bonds is 14. The molecule has 2 rings (SSSR count). The van der Waals surface area contributed by atoms with Gasteiger partial charge in [-0.1, -0.05) is 18.6 Å². The summed E-state index contributed by atoms with van der Waals surface area (Å²) in [7, 11) is 0. The van der Waals surface area contributed by atoms with Crippen molar-refractivity contribution in [2.45, 2.75) is 38.1 Å². The smallest absolute Gasteiger partial charge is 0.317 e. The lowest BCUT2D eigenvalue weighted by Gasteiger charge is -2.37. The van der Waals surface area contributed by atoms with E-state index in [4.69, 9.17) is 5.73 Å². The number of unbranched alkanes of at least 4 members (excludes halogenated alkanes) is 2. The number of hydrogen-bond acceptors (Lipinski definition) is 10. The standard InChI is InChI=1S/C27H46N6O7/c28-9-3-1-2-4-25(36)29-23-7-5-22(6-8-23)16-24-17-32(18-26(37)38)13-12-30(20-34)10-11-31(21-35)14-15-33(24)19-27(39)40/h5-8,24,34-35H,1-4,9-21,28H2,(H,29,36)(H,37,38)(H,39,40). The Morgan fingerprint density at radius 3 is 1.93 bits per heavy atom. The van der Waals surface area contributed by atoms with E-state index in [-0.39, 0.29) is 38.5 Å². The second-order valence-electron chi connectivity index (χ2n) is 10.2. The Morgan fingerprint density at radius 1 is 0.800 bits per heavy atom. The van der Waals surface area contributed by atoms with Crippen LogP contribution in [0.1, 0.15) is 31.2 Å². The summed E-state index contributed by atoms with van der Waals surface area (Å²) >= 11 is 0. The summed E-state index contributed by atoms with van der Waals surface area (Å²) in [4.78, 5) is 42.8. The second kappa shape index (κ2) is 18.7. The number of nitrogens with zero attached hydrogens (tertiary/aromatic N) is 4. The number of benzene rings is 1. The molecular weight excluding hydrogens is 520 g/mol. The molecule has 40 heavy (non-hydrogen) atoms. The molecule has 1 amide bonds. The molecule has 1 aromatic rings. The summed E-state index contributed by atoms with van der Waals surface area (Å²) in [6, 6.07) is 7.06. The highest BCUT2D eigenvalue weighted by molar-refractivity contribution is 5.90. The number of carbonyl (C=O) groups excluding carboxylic acids is 1. The highest BCUT2D eigenvalue weighted by Crippen LogP contribution is 2.16. The molecule has 1 heterocycles. The predicted octanol–water partition coefficient (Wildman–Crippen LogP) is -0.654. The van der Waals surface area contributed by atoms with E-state index < -0.39 is 11.9 Å². The molecule has 1 aliphatic heterocycles. The van der Waals surface area contributed by atoms with Gasteiger partial charge in [0.15, 0.2) is 0 Å². The fraction of sp³-hybridized carbons (Fsp3) is 0.667. The maximum atomic E-state index is 12.2. The SMILES string of the molecule is NCCCCCC(=O)Nc1ccc(CC2CN(CC(=O)O)CCN(CO)CCN(CO)CCN2CC(=O)O)cc1. The van der Waals surface area contributed by atoms with E-state index in [2.05, 4.69) is 5.32 Å². The molecule has 1 fully saturated rings. The number of carboxylic acids is 2. The van der Waals surface area contributed by atoms with Gasteiger partial charge in [0.05, 0.1) is 26.6 Å². The van der Waals surface area contributed by atoms with Gasteiger partial charge in [0.1, 0.15) is 0 Å². The van der Waals surface area contributed by atoms with Crippen LogP contribution < -0.4 is 11.1 Å². The quantitative estimate of drug-likeness (QED) is 0.157. The monoisotopic (exact) mass is 566 g/mol. The van der Waals surface area contributed by atoms with Gasteiger partial charge in [-0.15, -0.1) is 0 Å². The van der Waals surface area contributed by atoms with Gasteiger partial charge < -0.3 is 31.5 Å². The normalized spacial score (nSPS) is 19.0. The van der Waals surface area contributed by atoms with Gasteiger partial charge in [-0.05, 0) is 43.5 Å². The zero-order valence-electron chi connectivity index (χ0n) is 23.3. The van der Waals surface area contributed by atoms with Gasteiger partial charge in [0.2, 0.25) is 5.91 Å². The number of hydrogen-bond donors (Lipinski definition) is 6. The molecule has 13 nitrogen and oxygen atoms in total. The van der Waals surface area contributed by atoms with Crippen molar-refractivity contribution < 1.29 is 34.8 Å². The first-order valence-electron chi connectivity index (χ1n) is 13.9. The van der Waals surface area contributed by atoms with Crippen molar-refractivity contribution in [2.24, 2.45) is 5.73 Å². The second-order valence-corrected chi connectivity index (χ2v) is 10.2. The van der Waals surface area contributed by atoms with Gasteiger partial charge in [-0.2, -0.15) is 0 Å². The van der Waals surface area contributed by atoms with Crippen LogP contribution in [0.5, 0.6) is 0 Å². The van der Waals surface area contributed by atoms with Crippen LogP contribution in [0.2, 0.25) is 0 Å². The van der Waals surface area contributed by atoms with Crippen LogP contribution in [0.3, 0.4) is 0 Å². The Kier molecular flexibility index (Phi) is 15.6. The lowest BCUT2D eigenvalue weighted by atomic mass is 10.0. The molecule has 0 bridgehead atoms. The maximum Gasteiger partial charge on any atom is 0.317 e. The van der Waals surface area contributed by atoms with Gasteiger partial charge in [0.25, 0.3) is 0 Å². The summed E-state index contributed by atoms with van der Waals surface area (Å²) in [5.74, 6) is -2.04. The Balaban J connectivity index is 2.21. The molecule has 1 saturated heterocycles. The Bertz CT molecular complexity index is 904. The number of nitrogens with two attached hydrogens (primary N) is 1. The molecule has 0 aliphatic carbocycles. The number of nitrogens with one attached hydrogen (secondary N) is 1. The average Bonchev–Trinajstić information content (AvgIpc) is 2.91. The van der Waals surface area contributed by atoms with E-state index in [1.807, 2.05) is 29.2 Å². The van der Waals surface area contributed by atoms with Gasteiger partial charge >= 0.3 is 11.9 Å². The highest BCUT2D eigenvalue weighted by atomic mass is 16.4. The van der Waals surface area contributed by atoms with Crippen LogP contribution in [-0.2, 0) is 20.8 Å². The summed E-state index contributed by atoms with van der Waals surface area (Å²) < 4.78 is 0. The lowest BCUT2D eigenvalue weighted by molar-refractivity contribution is -0.141. The molecule has 0 spiro atoms.